The molecular formula is C23H19N3O5S. The highest BCUT2D eigenvalue weighted by Gasteiger charge is 2.13. The number of esters is 1. The molecule has 0 unspecified atom stereocenters. The van der Waals surface area contributed by atoms with Crippen LogP contribution >= 0.6 is 12.2 Å². The van der Waals surface area contributed by atoms with Crippen molar-refractivity contribution >= 4 is 35.0 Å². The third-order valence-electron chi connectivity index (χ3n) is 4.90. The minimum atomic E-state index is -0.515. The number of aromatic nitrogens is 2. The van der Waals surface area contributed by atoms with E-state index in [9.17, 15) is 14.4 Å². The van der Waals surface area contributed by atoms with E-state index in [-0.39, 0.29) is 22.8 Å². The lowest BCUT2D eigenvalue weighted by Crippen LogP contribution is -2.24. The van der Waals surface area contributed by atoms with Gasteiger partial charge in [0.15, 0.2) is 4.77 Å². The molecule has 0 aliphatic rings. The molecule has 0 saturated carbocycles. The van der Waals surface area contributed by atoms with Crippen LogP contribution in [-0.4, -0.2) is 28.5 Å². The lowest BCUT2D eigenvalue weighted by molar-refractivity contribution is 0.0600. The number of aromatic amines is 1. The monoisotopic (exact) mass is 449 g/mol. The largest absolute Gasteiger partial charge is 0.465 e. The summed E-state index contributed by atoms with van der Waals surface area (Å²) in [7, 11) is 1.28. The molecule has 32 heavy (non-hydrogen) atoms. The molecule has 0 radical (unpaired) electrons. The summed E-state index contributed by atoms with van der Waals surface area (Å²) < 4.78 is 11.6. The number of ether oxygens (including phenoxy) is 1. The maximum Gasteiger partial charge on any atom is 0.337 e. The van der Waals surface area contributed by atoms with E-state index in [0.29, 0.717) is 33.5 Å². The fraction of sp³-hybridized carbons (Fsp3) is 0.130. The third kappa shape index (κ3) is 4.10. The van der Waals surface area contributed by atoms with Gasteiger partial charge in [-0.3, -0.25) is 14.2 Å². The number of carbonyl (C=O) groups is 2. The number of fused-ring (bicyclic) bond motifs is 1. The fourth-order valence-electron chi connectivity index (χ4n) is 3.33. The molecule has 0 spiro atoms. The molecule has 8 nitrogen and oxygen atoms in total. The average Bonchev–Trinajstić information content (AvgIpc) is 3.21. The topological polar surface area (TPSA) is 106 Å². The number of aryl methyl sites for hydroxylation is 1. The number of amides is 1. The van der Waals surface area contributed by atoms with E-state index < -0.39 is 5.97 Å². The Morgan fingerprint density at radius 2 is 1.94 bits per heavy atom. The van der Waals surface area contributed by atoms with E-state index in [1.165, 1.54) is 29.9 Å². The Labute approximate surface area is 187 Å². The minimum absolute atomic E-state index is 0.133. The third-order valence-corrected chi connectivity index (χ3v) is 5.19. The van der Waals surface area contributed by atoms with Crippen LogP contribution < -0.4 is 10.9 Å². The zero-order chi connectivity index (χ0) is 22.8. The molecule has 2 heterocycles. The predicted octanol–water partition coefficient (Wildman–Crippen LogP) is 3.67. The Kier molecular flexibility index (Phi) is 5.74. The number of H-pyrrole nitrogens is 1. The van der Waals surface area contributed by atoms with Gasteiger partial charge in [-0.25, -0.2) is 4.79 Å². The second kappa shape index (κ2) is 8.64. The van der Waals surface area contributed by atoms with Crippen molar-refractivity contribution in [3.63, 3.8) is 0 Å². The first-order valence-electron chi connectivity index (χ1n) is 9.69. The van der Waals surface area contributed by atoms with Crippen LogP contribution in [0, 0.1) is 11.7 Å². The van der Waals surface area contributed by atoms with Crippen molar-refractivity contribution in [2.75, 3.05) is 7.11 Å². The molecule has 1 amide bonds. The van der Waals surface area contributed by atoms with E-state index in [0.717, 1.165) is 5.76 Å². The van der Waals surface area contributed by atoms with Crippen molar-refractivity contribution in [2.24, 2.45) is 0 Å². The van der Waals surface area contributed by atoms with E-state index in [1.54, 1.807) is 30.3 Å². The molecule has 0 saturated heterocycles. The van der Waals surface area contributed by atoms with Crippen LogP contribution in [0.5, 0.6) is 0 Å². The Bertz CT molecular complexity index is 1460. The van der Waals surface area contributed by atoms with Crippen LogP contribution in [0.25, 0.3) is 16.6 Å². The lowest BCUT2D eigenvalue weighted by Gasteiger charge is -2.10. The maximum atomic E-state index is 13.1. The molecule has 2 aromatic carbocycles. The molecular weight excluding hydrogens is 430 g/mol. The Hall–Kier alpha value is -3.98. The van der Waals surface area contributed by atoms with E-state index >= 15 is 0 Å². The molecule has 9 heteroatoms. The average molecular weight is 449 g/mol. The number of carbonyl (C=O) groups excluding carboxylic acids is 2. The van der Waals surface area contributed by atoms with Crippen molar-refractivity contribution in [1.82, 2.24) is 14.9 Å². The number of furan rings is 1. The smallest absolute Gasteiger partial charge is 0.337 e. The normalized spacial score (nSPS) is 10.8. The highest BCUT2D eigenvalue weighted by atomic mass is 32.1. The first kappa shape index (κ1) is 21.3. The molecule has 0 fully saturated rings. The Morgan fingerprint density at radius 1 is 1.12 bits per heavy atom. The summed E-state index contributed by atoms with van der Waals surface area (Å²) in [6.45, 7) is 2.07. The van der Waals surface area contributed by atoms with Gasteiger partial charge in [0.05, 0.1) is 35.8 Å². The molecule has 0 atom stereocenters. The number of hydrogen-bond acceptors (Lipinski definition) is 6. The Balaban J connectivity index is 1.68. The molecule has 4 rings (SSSR count). The summed E-state index contributed by atoms with van der Waals surface area (Å²) in [5.74, 6) is 0.581. The number of nitrogens with zero attached hydrogens (tertiary/aromatic N) is 1. The predicted molar refractivity (Wildman–Crippen MR) is 121 cm³/mol. The molecule has 4 aromatic rings. The number of benzene rings is 2. The second-order valence-electron chi connectivity index (χ2n) is 7.07. The SMILES string of the molecule is COC(=O)c1ccc2c(=O)n(-c3cccc(C(=O)NCc4ccc(C)o4)c3)c(=S)[nH]c2c1. The summed E-state index contributed by atoms with van der Waals surface area (Å²) in [6, 6.07) is 14.8. The zero-order valence-electron chi connectivity index (χ0n) is 17.3. The van der Waals surface area contributed by atoms with Crippen LogP contribution in [-0.2, 0) is 11.3 Å². The molecule has 0 bridgehead atoms. The van der Waals surface area contributed by atoms with Crippen LogP contribution in [0.15, 0.2) is 63.8 Å². The van der Waals surface area contributed by atoms with Crippen LogP contribution in [0.2, 0.25) is 0 Å². The Morgan fingerprint density at radius 3 is 2.66 bits per heavy atom. The summed E-state index contributed by atoms with van der Waals surface area (Å²) >= 11 is 5.39. The molecule has 2 aromatic heterocycles. The first-order valence-corrected chi connectivity index (χ1v) is 10.1. The summed E-state index contributed by atoms with van der Waals surface area (Å²) in [4.78, 5) is 40.5. The van der Waals surface area contributed by atoms with Crippen molar-refractivity contribution in [2.45, 2.75) is 13.5 Å². The first-order chi connectivity index (χ1) is 15.4. The molecule has 2 N–H and O–H groups in total. The maximum absolute atomic E-state index is 13.1. The van der Waals surface area contributed by atoms with Crippen molar-refractivity contribution in [3.05, 3.63) is 92.4 Å². The quantitative estimate of drug-likeness (QED) is 0.356. The fourth-order valence-corrected chi connectivity index (χ4v) is 3.63. The summed E-state index contributed by atoms with van der Waals surface area (Å²) in [6.07, 6.45) is 0. The van der Waals surface area contributed by atoms with Gasteiger partial charge >= 0.3 is 5.97 Å². The van der Waals surface area contributed by atoms with E-state index in [1.807, 2.05) is 13.0 Å². The number of rotatable bonds is 5. The highest BCUT2D eigenvalue weighted by Crippen LogP contribution is 2.15. The van der Waals surface area contributed by atoms with Crippen LogP contribution in [0.4, 0.5) is 0 Å². The van der Waals surface area contributed by atoms with Gasteiger partial charge in [-0.1, -0.05) is 6.07 Å². The molecule has 0 aliphatic heterocycles. The minimum Gasteiger partial charge on any atom is -0.465 e. The van der Waals surface area contributed by atoms with Gasteiger partial charge in [0.25, 0.3) is 11.5 Å². The van der Waals surface area contributed by atoms with Gasteiger partial charge in [0.1, 0.15) is 11.5 Å². The van der Waals surface area contributed by atoms with Gasteiger partial charge < -0.3 is 19.5 Å². The molecule has 162 valence electrons. The van der Waals surface area contributed by atoms with E-state index in [4.69, 9.17) is 21.4 Å². The van der Waals surface area contributed by atoms with Crippen LogP contribution in [0.3, 0.4) is 0 Å². The van der Waals surface area contributed by atoms with Crippen molar-refractivity contribution < 1.29 is 18.7 Å². The van der Waals surface area contributed by atoms with Gasteiger partial charge in [-0.2, -0.15) is 0 Å². The summed E-state index contributed by atoms with van der Waals surface area (Å²) in [5.41, 5.74) is 1.16. The number of methoxy groups -OCH3 is 1. The number of hydrogen-bond donors (Lipinski definition) is 2. The van der Waals surface area contributed by atoms with Gasteiger partial charge in [-0.15, -0.1) is 0 Å². The van der Waals surface area contributed by atoms with Gasteiger partial charge in [-0.05, 0) is 67.7 Å². The standard InChI is InChI=1S/C23H19N3O5S/c1-13-6-8-17(31-13)12-24-20(27)14-4-3-5-16(10-14)26-21(28)18-9-7-15(22(29)30-2)11-19(18)25-23(26)32/h3-11H,12H2,1-2H3,(H,24,27)(H,25,32). The summed E-state index contributed by atoms with van der Waals surface area (Å²) in [5, 5.41) is 3.13. The van der Waals surface area contributed by atoms with Gasteiger partial charge in [0, 0.05) is 5.56 Å². The van der Waals surface area contributed by atoms with E-state index in [2.05, 4.69) is 10.3 Å². The zero-order valence-corrected chi connectivity index (χ0v) is 18.1. The van der Waals surface area contributed by atoms with Crippen molar-refractivity contribution in [3.8, 4) is 5.69 Å². The highest BCUT2D eigenvalue weighted by molar-refractivity contribution is 7.71. The van der Waals surface area contributed by atoms with Gasteiger partial charge in [0.2, 0.25) is 0 Å². The van der Waals surface area contributed by atoms with Crippen LogP contribution in [0.1, 0.15) is 32.2 Å². The number of nitrogens with one attached hydrogen (secondary N) is 2. The second-order valence-corrected chi connectivity index (χ2v) is 7.45. The molecule has 0 aliphatic carbocycles. The lowest BCUT2D eigenvalue weighted by atomic mass is 10.1. The van der Waals surface area contributed by atoms with Crippen molar-refractivity contribution in [1.29, 1.82) is 0 Å².